The van der Waals surface area contributed by atoms with Crippen LogP contribution in [0.15, 0.2) is 60.7 Å². The zero-order chi connectivity index (χ0) is 18.4. The second-order valence-corrected chi connectivity index (χ2v) is 6.10. The third kappa shape index (κ3) is 4.57. The summed E-state index contributed by atoms with van der Waals surface area (Å²) in [6, 6.07) is 19.0. The van der Waals surface area contributed by atoms with Gasteiger partial charge in [-0.2, -0.15) is 0 Å². The van der Waals surface area contributed by atoms with Gasteiger partial charge in [0.1, 0.15) is 23.3 Å². The number of aryl methyl sites for hydroxylation is 1. The standard InChI is InChI=1S/C21H23FN4/c1-3-26(15-17-9-5-4-6-10-17)21-13-20(24-16(2)25-21)23-14-18-11-7-8-12-19(18)22/h4-13H,3,14-15H2,1-2H3,(H,23,24,25). The van der Waals surface area contributed by atoms with E-state index >= 15 is 0 Å². The van der Waals surface area contributed by atoms with Crippen molar-refractivity contribution in [3.63, 3.8) is 0 Å². The Balaban J connectivity index is 1.76. The lowest BCUT2D eigenvalue weighted by Gasteiger charge is -2.23. The van der Waals surface area contributed by atoms with Gasteiger partial charge in [-0.15, -0.1) is 0 Å². The molecule has 0 amide bonds. The molecule has 1 aromatic heterocycles. The molecule has 0 atom stereocenters. The highest BCUT2D eigenvalue weighted by Crippen LogP contribution is 2.19. The van der Waals surface area contributed by atoms with Crippen molar-refractivity contribution in [2.75, 3.05) is 16.8 Å². The van der Waals surface area contributed by atoms with Crippen molar-refractivity contribution >= 4 is 11.6 Å². The van der Waals surface area contributed by atoms with Gasteiger partial charge in [0.15, 0.2) is 0 Å². The molecule has 0 aliphatic heterocycles. The fraction of sp³-hybridized carbons (Fsp3) is 0.238. The number of rotatable bonds is 7. The third-order valence-corrected chi connectivity index (χ3v) is 4.16. The van der Waals surface area contributed by atoms with Crippen LogP contribution in [-0.2, 0) is 13.1 Å². The Morgan fingerprint density at radius 2 is 1.73 bits per heavy atom. The fourth-order valence-corrected chi connectivity index (χ4v) is 2.79. The van der Waals surface area contributed by atoms with E-state index in [1.54, 1.807) is 12.1 Å². The summed E-state index contributed by atoms with van der Waals surface area (Å²) in [6.07, 6.45) is 0. The predicted octanol–water partition coefficient (Wildman–Crippen LogP) is 4.56. The molecule has 3 rings (SSSR count). The Bertz CT molecular complexity index is 852. The van der Waals surface area contributed by atoms with Gasteiger partial charge < -0.3 is 10.2 Å². The van der Waals surface area contributed by atoms with Crippen LogP contribution in [0.25, 0.3) is 0 Å². The second kappa shape index (κ2) is 8.43. The topological polar surface area (TPSA) is 41.0 Å². The molecular formula is C21H23FN4. The molecule has 0 unspecified atom stereocenters. The summed E-state index contributed by atoms with van der Waals surface area (Å²) in [5, 5.41) is 3.21. The summed E-state index contributed by atoms with van der Waals surface area (Å²) in [5.41, 5.74) is 1.84. The summed E-state index contributed by atoms with van der Waals surface area (Å²) in [4.78, 5) is 11.2. The van der Waals surface area contributed by atoms with Crippen LogP contribution in [-0.4, -0.2) is 16.5 Å². The molecule has 4 nitrogen and oxygen atoms in total. The Morgan fingerprint density at radius 3 is 2.46 bits per heavy atom. The van der Waals surface area contributed by atoms with E-state index in [-0.39, 0.29) is 5.82 Å². The lowest BCUT2D eigenvalue weighted by atomic mass is 10.2. The van der Waals surface area contributed by atoms with Crippen molar-refractivity contribution in [1.82, 2.24) is 9.97 Å². The first-order valence-electron chi connectivity index (χ1n) is 8.77. The van der Waals surface area contributed by atoms with Gasteiger partial charge in [0.2, 0.25) is 0 Å². The minimum Gasteiger partial charge on any atom is -0.366 e. The van der Waals surface area contributed by atoms with Crippen LogP contribution >= 0.6 is 0 Å². The number of halogens is 1. The Kier molecular flexibility index (Phi) is 5.79. The number of benzene rings is 2. The predicted molar refractivity (Wildman–Crippen MR) is 104 cm³/mol. The average Bonchev–Trinajstić information content (AvgIpc) is 2.66. The number of nitrogens with zero attached hydrogens (tertiary/aromatic N) is 3. The summed E-state index contributed by atoms with van der Waals surface area (Å²) in [7, 11) is 0. The highest BCUT2D eigenvalue weighted by atomic mass is 19.1. The minimum atomic E-state index is -0.217. The van der Waals surface area contributed by atoms with Gasteiger partial charge in [0.05, 0.1) is 0 Å². The van der Waals surface area contributed by atoms with Crippen molar-refractivity contribution in [2.24, 2.45) is 0 Å². The molecule has 134 valence electrons. The molecule has 0 bridgehead atoms. The Morgan fingerprint density at radius 1 is 1.00 bits per heavy atom. The summed E-state index contributed by atoms with van der Waals surface area (Å²) >= 11 is 0. The molecule has 3 aromatic rings. The van der Waals surface area contributed by atoms with Crippen LogP contribution in [0.4, 0.5) is 16.0 Å². The number of aromatic nitrogens is 2. The molecule has 2 aromatic carbocycles. The van der Waals surface area contributed by atoms with Crippen LogP contribution in [0.5, 0.6) is 0 Å². The molecule has 0 aliphatic rings. The zero-order valence-corrected chi connectivity index (χ0v) is 15.1. The first-order chi connectivity index (χ1) is 12.7. The van der Waals surface area contributed by atoms with Crippen molar-refractivity contribution in [3.05, 3.63) is 83.4 Å². The van der Waals surface area contributed by atoms with E-state index < -0.39 is 0 Å². The summed E-state index contributed by atoms with van der Waals surface area (Å²) in [5.74, 6) is 2.03. The minimum absolute atomic E-state index is 0.217. The van der Waals surface area contributed by atoms with E-state index in [9.17, 15) is 4.39 Å². The lowest BCUT2D eigenvalue weighted by molar-refractivity contribution is 0.613. The largest absolute Gasteiger partial charge is 0.366 e. The van der Waals surface area contributed by atoms with Gasteiger partial charge in [-0.3, -0.25) is 0 Å². The Labute approximate surface area is 153 Å². The molecule has 5 heteroatoms. The molecule has 26 heavy (non-hydrogen) atoms. The molecule has 0 saturated carbocycles. The van der Waals surface area contributed by atoms with Gasteiger partial charge in [-0.1, -0.05) is 48.5 Å². The van der Waals surface area contributed by atoms with E-state index in [2.05, 4.69) is 39.2 Å². The number of anilines is 2. The van der Waals surface area contributed by atoms with Crippen molar-refractivity contribution in [3.8, 4) is 0 Å². The average molecular weight is 350 g/mol. The highest BCUT2D eigenvalue weighted by Gasteiger charge is 2.10. The molecule has 0 aliphatic carbocycles. The van der Waals surface area contributed by atoms with Gasteiger partial charge in [-0.05, 0) is 25.5 Å². The maximum Gasteiger partial charge on any atom is 0.134 e. The van der Waals surface area contributed by atoms with Crippen molar-refractivity contribution in [2.45, 2.75) is 26.9 Å². The first kappa shape index (κ1) is 17.9. The highest BCUT2D eigenvalue weighted by molar-refractivity contribution is 5.50. The Hall–Kier alpha value is -2.95. The van der Waals surface area contributed by atoms with Gasteiger partial charge in [0.25, 0.3) is 0 Å². The molecule has 0 radical (unpaired) electrons. The molecule has 0 saturated heterocycles. The van der Waals surface area contributed by atoms with Crippen LogP contribution in [0.2, 0.25) is 0 Å². The quantitative estimate of drug-likeness (QED) is 0.678. The van der Waals surface area contributed by atoms with E-state index in [1.165, 1.54) is 11.6 Å². The smallest absolute Gasteiger partial charge is 0.134 e. The zero-order valence-electron chi connectivity index (χ0n) is 15.1. The van der Waals surface area contributed by atoms with Crippen LogP contribution in [0, 0.1) is 12.7 Å². The summed E-state index contributed by atoms with van der Waals surface area (Å²) in [6.45, 7) is 5.97. The SMILES string of the molecule is CCN(Cc1ccccc1)c1cc(NCc2ccccc2F)nc(C)n1. The van der Waals surface area contributed by atoms with Gasteiger partial charge >= 0.3 is 0 Å². The van der Waals surface area contributed by atoms with Gasteiger partial charge in [-0.25, -0.2) is 14.4 Å². The number of nitrogens with one attached hydrogen (secondary N) is 1. The van der Waals surface area contributed by atoms with Crippen LogP contribution in [0.1, 0.15) is 23.9 Å². The molecule has 0 fully saturated rings. The molecular weight excluding hydrogens is 327 g/mol. The summed E-state index contributed by atoms with van der Waals surface area (Å²) < 4.78 is 13.8. The van der Waals surface area contributed by atoms with Gasteiger partial charge in [0, 0.05) is 31.3 Å². The van der Waals surface area contributed by atoms with Crippen LogP contribution < -0.4 is 10.2 Å². The molecule has 0 spiro atoms. The van der Waals surface area contributed by atoms with E-state index in [1.807, 2.05) is 37.3 Å². The van der Waals surface area contributed by atoms with E-state index in [0.29, 0.717) is 23.8 Å². The normalized spacial score (nSPS) is 10.6. The van der Waals surface area contributed by atoms with Crippen molar-refractivity contribution in [1.29, 1.82) is 0 Å². The lowest BCUT2D eigenvalue weighted by Crippen LogP contribution is -2.23. The maximum atomic E-state index is 13.8. The molecule has 1 N–H and O–H groups in total. The third-order valence-electron chi connectivity index (χ3n) is 4.16. The van der Waals surface area contributed by atoms with Crippen molar-refractivity contribution < 1.29 is 4.39 Å². The van der Waals surface area contributed by atoms with E-state index in [0.717, 1.165) is 18.9 Å². The van der Waals surface area contributed by atoms with Crippen LogP contribution in [0.3, 0.4) is 0 Å². The fourth-order valence-electron chi connectivity index (χ4n) is 2.79. The second-order valence-electron chi connectivity index (χ2n) is 6.10. The maximum absolute atomic E-state index is 13.8. The van der Waals surface area contributed by atoms with E-state index in [4.69, 9.17) is 0 Å². The number of hydrogen-bond acceptors (Lipinski definition) is 4. The monoisotopic (exact) mass is 350 g/mol. The number of hydrogen-bond donors (Lipinski definition) is 1. The first-order valence-corrected chi connectivity index (χ1v) is 8.77. The molecule has 1 heterocycles.